The lowest BCUT2D eigenvalue weighted by Gasteiger charge is -2.40. The number of epoxide rings is 1. The van der Waals surface area contributed by atoms with Crippen LogP contribution in [0.3, 0.4) is 0 Å². The lowest BCUT2D eigenvalue weighted by molar-refractivity contribution is 0.268. The van der Waals surface area contributed by atoms with Gasteiger partial charge in [0, 0.05) is 23.0 Å². The van der Waals surface area contributed by atoms with Crippen molar-refractivity contribution in [3.63, 3.8) is 0 Å². The van der Waals surface area contributed by atoms with Gasteiger partial charge in [0.15, 0.2) is 0 Å². The molecule has 0 N–H and O–H groups in total. The van der Waals surface area contributed by atoms with E-state index in [1.165, 1.54) is 24.0 Å². The molecular formula is C15H18O3. The number of fused-ring (bicyclic) bond motifs is 1. The number of benzene rings is 1. The molecule has 0 aromatic heterocycles. The Morgan fingerprint density at radius 3 is 2.44 bits per heavy atom. The Labute approximate surface area is 107 Å². The van der Waals surface area contributed by atoms with E-state index in [4.69, 9.17) is 14.2 Å². The van der Waals surface area contributed by atoms with Crippen LogP contribution in [0.1, 0.15) is 42.7 Å². The molecule has 1 heterocycles. The van der Waals surface area contributed by atoms with Crippen molar-refractivity contribution >= 4 is 0 Å². The van der Waals surface area contributed by atoms with Gasteiger partial charge in [-0.3, -0.25) is 0 Å². The Bertz CT molecular complexity index is 525. The smallest absolute Gasteiger partial charge is 0.123 e. The van der Waals surface area contributed by atoms with Crippen LogP contribution in [0.25, 0.3) is 0 Å². The van der Waals surface area contributed by atoms with Crippen LogP contribution in [0.5, 0.6) is 11.5 Å². The summed E-state index contributed by atoms with van der Waals surface area (Å²) in [5, 5.41) is 0. The molecule has 1 saturated carbocycles. The van der Waals surface area contributed by atoms with Crippen molar-refractivity contribution in [2.75, 3.05) is 14.2 Å². The highest BCUT2D eigenvalue weighted by atomic mass is 16.6. The van der Waals surface area contributed by atoms with Crippen molar-refractivity contribution in [1.29, 1.82) is 0 Å². The second-order valence-corrected chi connectivity index (χ2v) is 5.76. The van der Waals surface area contributed by atoms with Crippen molar-refractivity contribution in [1.82, 2.24) is 0 Å². The van der Waals surface area contributed by atoms with Crippen LogP contribution < -0.4 is 9.47 Å². The number of methoxy groups -OCH3 is 2. The summed E-state index contributed by atoms with van der Waals surface area (Å²) in [6.07, 6.45) is 2.81. The Kier molecular flexibility index (Phi) is 1.90. The summed E-state index contributed by atoms with van der Waals surface area (Å²) in [7, 11) is 3.50. The summed E-state index contributed by atoms with van der Waals surface area (Å²) >= 11 is 0. The molecular weight excluding hydrogens is 228 g/mol. The number of rotatable bonds is 2. The third kappa shape index (κ3) is 1.05. The molecule has 96 valence electrons. The third-order valence-electron chi connectivity index (χ3n) is 5.08. The number of hydrogen-bond acceptors (Lipinski definition) is 3. The molecule has 5 rings (SSSR count). The standard InChI is InChI=1S/C15H18O3/c1-15-9-5-4-8(14(15)18-15)12-10(16-2)6-7-11(17-3)13(9)12/h6-9,14H,4-5H2,1-3H3/t8-,9-,14+,15-/m1/s1. The highest BCUT2D eigenvalue weighted by molar-refractivity contribution is 5.59. The van der Waals surface area contributed by atoms with Crippen LogP contribution in [-0.4, -0.2) is 25.9 Å². The van der Waals surface area contributed by atoms with Crippen molar-refractivity contribution in [2.45, 2.75) is 43.3 Å². The van der Waals surface area contributed by atoms with E-state index >= 15 is 0 Å². The molecule has 3 aliphatic carbocycles. The van der Waals surface area contributed by atoms with Crippen LogP contribution in [0.15, 0.2) is 12.1 Å². The second-order valence-electron chi connectivity index (χ2n) is 5.76. The van der Waals surface area contributed by atoms with E-state index in [2.05, 4.69) is 6.92 Å². The fourth-order valence-electron chi connectivity index (χ4n) is 4.21. The van der Waals surface area contributed by atoms with E-state index in [1.807, 2.05) is 12.1 Å². The molecule has 18 heavy (non-hydrogen) atoms. The first kappa shape index (κ1) is 10.7. The SMILES string of the molecule is COc1ccc(OC)c2c1[C@H]1CC[C@H]2[C@@]2(C)O[C@@H]12. The highest BCUT2D eigenvalue weighted by Crippen LogP contribution is 2.68. The van der Waals surface area contributed by atoms with Gasteiger partial charge >= 0.3 is 0 Å². The maximum Gasteiger partial charge on any atom is 0.123 e. The predicted octanol–water partition coefficient (Wildman–Crippen LogP) is 2.84. The van der Waals surface area contributed by atoms with Crippen LogP contribution in [-0.2, 0) is 4.74 Å². The summed E-state index contributed by atoms with van der Waals surface area (Å²) in [6.45, 7) is 2.25. The molecule has 1 aliphatic heterocycles. The zero-order valence-electron chi connectivity index (χ0n) is 11.0. The van der Waals surface area contributed by atoms with Crippen molar-refractivity contribution in [3.8, 4) is 11.5 Å². The lowest BCUT2D eigenvalue weighted by atomic mass is 9.62. The normalized spacial score (nSPS) is 38.9. The largest absolute Gasteiger partial charge is 0.496 e. The zero-order chi connectivity index (χ0) is 12.5. The van der Waals surface area contributed by atoms with Crippen LogP contribution >= 0.6 is 0 Å². The quantitative estimate of drug-likeness (QED) is 0.752. The van der Waals surface area contributed by atoms with Gasteiger partial charge in [-0.1, -0.05) is 0 Å². The van der Waals surface area contributed by atoms with Gasteiger partial charge in [0.2, 0.25) is 0 Å². The minimum absolute atomic E-state index is 0.0512. The van der Waals surface area contributed by atoms with Gasteiger partial charge in [0.05, 0.1) is 25.9 Å². The topological polar surface area (TPSA) is 31.0 Å². The van der Waals surface area contributed by atoms with Gasteiger partial charge in [0.25, 0.3) is 0 Å². The van der Waals surface area contributed by atoms with Gasteiger partial charge in [-0.25, -0.2) is 0 Å². The van der Waals surface area contributed by atoms with Crippen molar-refractivity contribution < 1.29 is 14.2 Å². The molecule has 0 amide bonds. The van der Waals surface area contributed by atoms with E-state index in [-0.39, 0.29) is 5.60 Å². The number of ether oxygens (including phenoxy) is 3. The Hall–Kier alpha value is -1.22. The Morgan fingerprint density at radius 1 is 1.11 bits per heavy atom. The van der Waals surface area contributed by atoms with Crippen LogP contribution in [0, 0.1) is 0 Å². The monoisotopic (exact) mass is 246 g/mol. The molecule has 0 radical (unpaired) electrons. The van der Waals surface area contributed by atoms with Crippen LogP contribution in [0.2, 0.25) is 0 Å². The minimum Gasteiger partial charge on any atom is -0.496 e. The maximum atomic E-state index is 6.02. The van der Waals surface area contributed by atoms with E-state index in [0.29, 0.717) is 17.9 Å². The average molecular weight is 246 g/mol. The molecule has 0 unspecified atom stereocenters. The van der Waals surface area contributed by atoms with E-state index in [9.17, 15) is 0 Å². The minimum atomic E-state index is 0.0512. The molecule has 2 fully saturated rings. The molecule has 1 aromatic rings. The molecule has 1 aromatic carbocycles. The van der Waals surface area contributed by atoms with Crippen LogP contribution in [0.4, 0.5) is 0 Å². The summed E-state index contributed by atoms with van der Waals surface area (Å²) in [4.78, 5) is 0. The Morgan fingerprint density at radius 2 is 1.78 bits per heavy atom. The van der Waals surface area contributed by atoms with E-state index in [0.717, 1.165) is 11.5 Å². The molecule has 4 aliphatic rings. The van der Waals surface area contributed by atoms with E-state index in [1.54, 1.807) is 14.2 Å². The molecule has 0 spiro atoms. The molecule has 4 atom stereocenters. The summed E-state index contributed by atoms with van der Waals surface area (Å²) in [5.74, 6) is 2.95. The first-order chi connectivity index (χ1) is 8.70. The predicted molar refractivity (Wildman–Crippen MR) is 67.5 cm³/mol. The summed E-state index contributed by atoms with van der Waals surface area (Å²) in [6, 6.07) is 4.05. The molecule has 1 saturated heterocycles. The van der Waals surface area contributed by atoms with Crippen molar-refractivity contribution in [2.24, 2.45) is 0 Å². The fourth-order valence-corrected chi connectivity index (χ4v) is 4.21. The van der Waals surface area contributed by atoms with Gasteiger partial charge in [-0.2, -0.15) is 0 Å². The van der Waals surface area contributed by atoms with Gasteiger partial charge < -0.3 is 14.2 Å². The van der Waals surface area contributed by atoms with E-state index < -0.39 is 0 Å². The lowest BCUT2D eigenvalue weighted by Crippen LogP contribution is -2.36. The molecule has 3 heteroatoms. The molecule has 2 bridgehead atoms. The summed E-state index contributed by atoms with van der Waals surface area (Å²) < 4.78 is 17.1. The van der Waals surface area contributed by atoms with Gasteiger partial charge in [0.1, 0.15) is 11.5 Å². The highest BCUT2D eigenvalue weighted by Gasteiger charge is 2.68. The first-order valence-corrected chi connectivity index (χ1v) is 6.63. The maximum absolute atomic E-state index is 6.02. The first-order valence-electron chi connectivity index (χ1n) is 6.63. The third-order valence-corrected chi connectivity index (χ3v) is 5.08. The van der Waals surface area contributed by atoms with Gasteiger partial charge in [-0.15, -0.1) is 0 Å². The zero-order valence-corrected chi connectivity index (χ0v) is 11.0. The summed E-state index contributed by atoms with van der Waals surface area (Å²) in [5.41, 5.74) is 2.73. The van der Waals surface area contributed by atoms with Gasteiger partial charge in [-0.05, 0) is 31.9 Å². The second kappa shape index (κ2) is 3.21. The Balaban J connectivity index is 1.98. The average Bonchev–Trinajstić information content (AvgIpc) is 3.12. The fraction of sp³-hybridized carbons (Fsp3) is 0.600. The number of hydrogen-bond donors (Lipinski definition) is 0. The van der Waals surface area contributed by atoms with Crippen molar-refractivity contribution in [3.05, 3.63) is 23.3 Å². The molecule has 3 nitrogen and oxygen atoms in total.